The number of piperidine rings is 1. The molecular formula is C26H27ClFN7O. The summed E-state index contributed by atoms with van der Waals surface area (Å²) in [4.78, 5) is 31.5. The molecule has 1 saturated heterocycles. The molecule has 4 heterocycles. The highest BCUT2D eigenvalue weighted by Gasteiger charge is 2.32. The molecule has 36 heavy (non-hydrogen) atoms. The number of imidazole rings is 1. The molecule has 1 atom stereocenters. The Labute approximate surface area is 213 Å². The smallest absolute Gasteiger partial charge is 0.241 e. The van der Waals surface area contributed by atoms with Gasteiger partial charge in [0.15, 0.2) is 0 Å². The number of carbonyl (C=O) groups is 1. The summed E-state index contributed by atoms with van der Waals surface area (Å²) in [5.41, 5.74) is 9.03. The van der Waals surface area contributed by atoms with E-state index in [1.165, 1.54) is 0 Å². The van der Waals surface area contributed by atoms with Gasteiger partial charge in [-0.15, -0.1) is 0 Å². The molecule has 10 heteroatoms. The highest BCUT2D eigenvalue weighted by atomic mass is 35.5. The number of halogens is 2. The average molecular weight is 508 g/mol. The lowest BCUT2D eigenvalue weighted by Crippen LogP contribution is -2.51. The third-order valence-corrected chi connectivity index (χ3v) is 6.86. The number of nitrogens with zero attached hydrogens (tertiary/aromatic N) is 6. The zero-order chi connectivity index (χ0) is 25.6. The molecule has 0 radical (unpaired) electrons. The number of aromatic nitrogens is 5. The minimum atomic E-state index is -0.636. The van der Waals surface area contributed by atoms with E-state index in [4.69, 9.17) is 17.3 Å². The van der Waals surface area contributed by atoms with Crippen LogP contribution in [0.5, 0.6) is 0 Å². The molecule has 1 aliphatic rings. The van der Waals surface area contributed by atoms with Gasteiger partial charge in [0, 0.05) is 47.9 Å². The lowest BCUT2D eigenvalue weighted by molar-refractivity contribution is -0.120. The summed E-state index contributed by atoms with van der Waals surface area (Å²) < 4.78 is 16.6. The summed E-state index contributed by atoms with van der Waals surface area (Å²) in [5.74, 6) is -0.126. The fraction of sp³-hybridized carbons (Fsp3) is 0.346. The van der Waals surface area contributed by atoms with E-state index in [1.807, 2.05) is 37.5 Å². The van der Waals surface area contributed by atoms with Crippen molar-refractivity contribution >= 4 is 34.2 Å². The number of hydrogen-bond acceptors (Lipinski definition) is 6. The molecule has 1 aromatic carbocycles. The quantitative estimate of drug-likeness (QED) is 0.393. The molecule has 8 nitrogen and oxygen atoms in total. The van der Waals surface area contributed by atoms with Gasteiger partial charge in [-0.05, 0) is 57.0 Å². The van der Waals surface area contributed by atoms with E-state index in [2.05, 4.69) is 19.9 Å². The highest BCUT2D eigenvalue weighted by Crippen LogP contribution is 2.30. The van der Waals surface area contributed by atoms with Crippen molar-refractivity contribution in [2.24, 2.45) is 5.73 Å². The van der Waals surface area contributed by atoms with Gasteiger partial charge in [0.25, 0.3) is 0 Å². The summed E-state index contributed by atoms with van der Waals surface area (Å²) in [6.45, 7) is 6.46. The molecule has 1 unspecified atom stereocenters. The highest BCUT2D eigenvalue weighted by molar-refractivity contribution is 6.31. The second-order valence-corrected chi connectivity index (χ2v) is 10.3. The predicted octanol–water partition coefficient (Wildman–Crippen LogP) is 4.70. The van der Waals surface area contributed by atoms with Crippen molar-refractivity contribution in [1.82, 2.24) is 24.5 Å². The number of rotatable bonds is 5. The van der Waals surface area contributed by atoms with Crippen molar-refractivity contribution in [1.29, 1.82) is 0 Å². The molecule has 1 amide bonds. The largest absolute Gasteiger partial charge is 0.328 e. The summed E-state index contributed by atoms with van der Waals surface area (Å²) in [6, 6.07) is 9.15. The fourth-order valence-corrected chi connectivity index (χ4v) is 4.72. The molecule has 5 rings (SSSR count). The van der Waals surface area contributed by atoms with E-state index >= 15 is 0 Å². The second kappa shape index (κ2) is 9.22. The number of nitrogens with two attached hydrogens (primary N) is 1. The maximum Gasteiger partial charge on any atom is 0.241 e. The SMILES string of the molecule is CC(C)n1cnc2c(F)nc(-c3ccnc(Cc4ccc(N5CCC(C)(N)CC5=O)cc4Cl)n3)cc21. The molecular weight excluding hydrogens is 481 g/mol. The van der Waals surface area contributed by atoms with Crippen LogP contribution in [0.4, 0.5) is 10.1 Å². The Morgan fingerprint density at radius 3 is 2.69 bits per heavy atom. The van der Waals surface area contributed by atoms with Crippen LogP contribution in [0.15, 0.2) is 42.9 Å². The van der Waals surface area contributed by atoms with E-state index in [0.29, 0.717) is 47.1 Å². The number of pyridine rings is 1. The first-order chi connectivity index (χ1) is 17.1. The maximum atomic E-state index is 14.7. The van der Waals surface area contributed by atoms with Crippen LogP contribution in [0.25, 0.3) is 22.4 Å². The van der Waals surface area contributed by atoms with E-state index in [1.54, 1.807) is 35.6 Å². The van der Waals surface area contributed by atoms with E-state index in [9.17, 15) is 9.18 Å². The number of carbonyl (C=O) groups excluding carboxylic acids is 1. The number of fused-ring (bicyclic) bond motifs is 1. The molecule has 0 saturated carbocycles. The standard InChI is InChI=1S/C26H27ClFN7O/c1-15(2)35-14-31-24-21(35)12-20(33-25(24)28)19-6-8-30-22(32-19)10-16-4-5-17(11-18(16)27)34-9-7-26(3,29)13-23(34)36/h4-6,8,11-12,14-15H,7,9-10,13,29H2,1-3H3. The van der Waals surface area contributed by atoms with Gasteiger partial charge in [-0.3, -0.25) is 4.79 Å². The van der Waals surface area contributed by atoms with Crippen molar-refractivity contribution in [3.05, 3.63) is 65.2 Å². The number of amides is 1. The van der Waals surface area contributed by atoms with Crippen molar-refractivity contribution < 1.29 is 9.18 Å². The third-order valence-electron chi connectivity index (χ3n) is 6.50. The van der Waals surface area contributed by atoms with Gasteiger partial charge >= 0.3 is 0 Å². The van der Waals surface area contributed by atoms with Crippen LogP contribution >= 0.6 is 11.6 Å². The molecule has 1 aliphatic heterocycles. The van der Waals surface area contributed by atoms with Gasteiger partial charge in [0.1, 0.15) is 11.3 Å². The van der Waals surface area contributed by atoms with E-state index < -0.39 is 11.5 Å². The normalized spacial score (nSPS) is 18.4. The number of hydrogen-bond donors (Lipinski definition) is 1. The lowest BCUT2D eigenvalue weighted by atomic mass is 9.90. The average Bonchev–Trinajstić information content (AvgIpc) is 3.25. The first-order valence-electron chi connectivity index (χ1n) is 11.8. The van der Waals surface area contributed by atoms with Crippen LogP contribution < -0.4 is 10.6 Å². The van der Waals surface area contributed by atoms with Crippen LogP contribution in [0.3, 0.4) is 0 Å². The van der Waals surface area contributed by atoms with Gasteiger partial charge in [-0.25, -0.2) is 19.9 Å². The molecule has 186 valence electrons. The van der Waals surface area contributed by atoms with Crippen LogP contribution in [0.1, 0.15) is 51.0 Å². The van der Waals surface area contributed by atoms with Gasteiger partial charge in [0.05, 0.1) is 23.2 Å². The Morgan fingerprint density at radius 2 is 1.97 bits per heavy atom. The van der Waals surface area contributed by atoms with Gasteiger partial charge in [-0.1, -0.05) is 17.7 Å². The Kier molecular flexibility index (Phi) is 6.22. The lowest BCUT2D eigenvalue weighted by Gasteiger charge is -2.36. The third kappa shape index (κ3) is 4.68. The Morgan fingerprint density at radius 1 is 1.17 bits per heavy atom. The van der Waals surface area contributed by atoms with Crippen molar-refractivity contribution in [2.45, 2.75) is 51.6 Å². The van der Waals surface area contributed by atoms with Crippen LogP contribution in [-0.2, 0) is 11.2 Å². The van der Waals surface area contributed by atoms with Crippen LogP contribution in [0, 0.1) is 5.95 Å². The van der Waals surface area contributed by atoms with Crippen molar-refractivity contribution in [2.75, 3.05) is 11.4 Å². The first-order valence-corrected chi connectivity index (χ1v) is 12.2. The van der Waals surface area contributed by atoms with Crippen molar-refractivity contribution in [3.63, 3.8) is 0 Å². The molecule has 0 aliphatic carbocycles. The molecule has 4 aromatic rings. The van der Waals surface area contributed by atoms with Crippen LogP contribution in [-0.4, -0.2) is 42.5 Å². The Balaban J connectivity index is 1.40. The maximum absolute atomic E-state index is 14.7. The summed E-state index contributed by atoms with van der Waals surface area (Å²) in [7, 11) is 0. The monoisotopic (exact) mass is 507 g/mol. The van der Waals surface area contributed by atoms with Crippen molar-refractivity contribution in [3.8, 4) is 11.4 Å². The summed E-state index contributed by atoms with van der Waals surface area (Å²) >= 11 is 6.59. The molecule has 1 fully saturated rings. The summed E-state index contributed by atoms with van der Waals surface area (Å²) in [6.07, 6.45) is 4.63. The molecule has 0 bridgehead atoms. The van der Waals surface area contributed by atoms with Gasteiger partial charge < -0.3 is 15.2 Å². The van der Waals surface area contributed by atoms with Gasteiger partial charge in [-0.2, -0.15) is 4.39 Å². The Bertz CT molecular complexity index is 1470. The number of benzene rings is 1. The molecule has 2 N–H and O–H groups in total. The minimum absolute atomic E-state index is 0.0124. The number of anilines is 1. The minimum Gasteiger partial charge on any atom is -0.328 e. The fourth-order valence-electron chi connectivity index (χ4n) is 4.47. The van der Waals surface area contributed by atoms with E-state index in [-0.39, 0.29) is 17.5 Å². The zero-order valence-electron chi connectivity index (χ0n) is 20.4. The predicted molar refractivity (Wildman–Crippen MR) is 137 cm³/mol. The second-order valence-electron chi connectivity index (χ2n) is 9.85. The first kappa shape index (κ1) is 24.3. The van der Waals surface area contributed by atoms with Crippen LogP contribution in [0.2, 0.25) is 5.02 Å². The Hall–Kier alpha value is -3.43. The van der Waals surface area contributed by atoms with E-state index in [0.717, 1.165) is 17.7 Å². The topological polar surface area (TPSA) is 103 Å². The zero-order valence-corrected chi connectivity index (χ0v) is 21.1. The molecule has 0 spiro atoms. The summed E-state index contributed by atoms with van der Waals surface area (Å²) in [5, 5.41) is 0.516. The van der Waals surface area contributed by atoms with Gasteiger partial charge in [0.2, 0.25) is 11.9 Å². The molecule has 3 aromatic heterocycles.